The van der Waals surface area contributed by atoms with Crippen molar-refractivity contribution in [2.75, 3.05) is 13.1 Å². The Morgan fingerprint density at radius 2 is 2.20 bits per heavy atom. The lowest BCUT2D eigenvalue weighted by molar-refractivity contribution is -0.127. The smallest absolute Gasteiger partial charge is 0.222 e. The van der Waals surface area contributed by atoms with Crippen molar-refractivity contribution in [3.8, 4) is 0 Å². The van der Waals surface area contributed by atoms with Crippen LogP contribution in [0.25, 0.3) is 0 Å². The molecule has 3 nitrogen and oxygen atoms in total. The molecule has 2 atom stereocenters. The van der Waals surface area contributed by atoms with Crippen molar-refractivity contribution in [2.45, 2.75) is 51.6 Å². The van der Waals surface area contributed by atoms with Crippen molar-refractivity contribution in [1.29, 1.82) is 0 Å². The van der Waals surface area contributed by atoms with E-state index in [1.54, 1.807) is 0 Å². The fourth-order valence-corrected chi connectivity index (χ4v) is 2.46. The molecule has 1 amide bonds. The number of carbonyl (C=O) groups excluding carboxylic acids is 1. The van der Waals surface area contributed by atoms with E-state index in [0.29, 0.717) is 18.0 Å². The number of nitrogens with one attached hydrogen (secondary N) is 1. The Labute approximate surface area is 92.2 Å². The Morgan fingerprint density at radius 3 is 2.73 bits per heavy atom. The maximum Gasteiger partial charge on any atom is 0.222 e. The van der Waals surface area contributed by atoms with Crippen LogP contribution in [-0.4, -0.2) is 36.0 Å². The largest absolute Gasteiger partial charge is 0.341 e. The summed E-state index contributed by atoms with van der Waals surface area (Å²) in [5.74, 6) is 1.23. The number of carbonyl (C=O) groups is 1. The van der Waals surface area contributed by atoms with Crippen molar-refractivity contribution in [3.63, 3.8) is 0 Å². The minimum atomic E-state index is 0.336. The molecular weight excluding hydrogens is 188 g/mol. The van der Waals surface area contributed by atoms with Crippen LogP contribution in [0.15, 0.2) is 0 Å². The van der Waals surface area contributed by atoms with E-state index < -0.39 is 0 Å². The van der Waals surface area contributed by atoms with Gasteiger partial charge in [0.05, 0.1) is 0 Å². The third-order valence-electron chi connectivity index (χ3n) is 3.54. The zero-order valence-corrected chi connectivity index (χ0v) is 9.83. The molecule has 0 bridgehead atoms. The van der Waals surface area contributed by atoms with E-state index in [1.807, 2.05) is 4.90 Å². The van der Waals surface area contributed by atoms with Crippen LogP contribution in [0.4, 0.5) is 0 Å². The number of hydrogen-bond acceptors (Lipinski definition) is 2. The molecule has 1 aliphatic heterocycles. The van der Waals surface area contributed by atoms with Crippen LogP contribution >= 0.6 is 0 Å². The molecule has 2 rings (SSSR count). The van der Waals surface area contributed by atoms with E-state index in [2.05, 4.69) is 19.2 Å². The summed E-state index contributed by atoms with van der Waals surface area (Å²) in [7, 11) is 0. The SMILES string of the molecule is CC(CN1CCCC1=O)NC(C)C1CC1. The first-order valence-corrected chi connectivity index (χ1v) is 6.20. The molecule has 3 heteroatoms. The minimum absolute atomic E-state index is 0.336. The predicted octanol–water partition coefficient (Wildman–Crippen LogP) is 1.39. The lowest BCUT2D eigenvalue weighted by atomic mass is 10.2. The third kappa shape index (κ3) is 2.94. The van der Waals surface area contributed by atoms with Gasteiger partial charge in [0.2, 0.25) is 5.91 Å². The second-order valence-electron chi connectivity index (χ2n) is 5.14. The van der Waals surface area contributed by atoms with Crippen molar-refractivity contribution in [2.24, 2.45) is 5.92 Å². The highest BCUT2D eigenvalue weighted by molar-refractivity contribution is 5.78. The van der Waals surface area contributed by atoms with Crippen molar-refractivity contribution >= 4 is 5.91 Å². The van der Waals surface area contributed by atoms with Gasteiger partial charge in [-0.25, -0.2) is 0 Å². The van der Waals surface area contributed by atoms with E-state index in [4.69, 9.17) is 0 Å². The molecule has 0 aromatic rings. The Hall–Kier alpha value is -0.570. The Bertz CT molecular complexity index is 238. The van der Waals surface area contributed by atoms with E-state index in [-0.39, 0.29) is 0 Å². The molecule has 1 N–H and O–H groups in total. The summed E-state index contributed by atoms with van der Waals surface area (Å²) >= 11 is 0. The van der Waals surface area contributed by atoms with E-state index >= 15 is 0 Å². The fourth-order valence-electron chi connectivity index (χ4n) is 2.46. The number of hydrogen-bond donors (Lipinski definition) is 1. The van der Waals surface area contributed by atoms with Crippen LogP contribution in [0.1, 0.15) is 39.5 Å². The third-order valence-corrected chi connectivity index (χ3v) is 3.54. The van der Waals surface area contributed by atoms with Gasteiger partial charge in [0.25, 0.3) is 0 Å². The van der Waals surface area contributed by atoms with Crippen LogP contribution in [-0.2, 0) is 4.79 Å². The molecule has 0 radical (unpaired) electrons. The molecule has 1 heterocycles. The van der Waals surface area contributed by atoms with Crippen LogP contribution in [0, 0.1) is 5.92 Å². The lowest BCUT2D eigenvalue weighted by Crippen LogP contribution is -2.44. The molecule has 1 saturated carbocycles. The topological polar surface area (TPSA) is 32.3 Å². The highest BCUT2D eigenvalue weighted by Gasteiger charge is 2.29. The van der Waals surface area contributed by atoms with Gasteiger partial charge in [-0.1, -0.05) is 0 Å². The highest BCUT2D eigenvalue weighted by Crippen LogP contribution is 2.32. The highest BCUT2D eigenvalue weighted by atomic mass is 16.2. The first-order valence-electron chi connectivity index (χ1n) is 6.20. The van der Waals surface area contributed by atoms with Crippen molar-refractivity contribution < 1.29 is 4.79 Å². The predicted molar refractivity (Wildman–Crippen MR) is 60.6 cm³/mol. The van der Waals surface area contributed by atoms with E-state index in [9.17, 15) is 4.79 Å². The molecule has 0 aromatic carbocycles. The summed E-state index contributed by atoms with van der Waals surface area (Å²) in [6, 6.07) is 1.06. The summed E-state index contributed by atoms with van der Waals surface area (Å²) in [5.41, 5.74) is 0. The summed E-state index contributed by atoms with van der Waals surface area (Å²) in [6.45, 7) is 6.29. The molecule has 1 aliphatic carbocycles. The van der Waals surface area contributed by atoms with Gasteiger partial charge in [-0.2, -0.15) is 0 Å². The summed E-state index contributed by atoms with van der Waals surface area (Å²) in [4.78, 5) is 13.4. The van der Waals surface area contributed by atoms with Crippen LogP contribution in [0.5, 0.6) is 0 Å². The van der Waals surface area contributed by atoms with Gasteiger partial charge < -0.3 is 10.2 Å². The van der Waals surface area contributed by atoms with Gasteiger partial charge in [-0.3, -0.25) is 4.79 Å². The van der Waals surface area contributed by atoms with Crippen LogP contribution in [0.2, 0.25) is 0 Å². The summed E-state index contributed by atoms with van der Waals surface area (Å²) in [5, 5.41) is 3.60. The monoisotopic (exact) mass is 210 g/mol. The molecule has 0 spiro atoms. The van der Waals surface area contributed by atoms with Gasteiger partial charge in [0.1, 0.15) is 0 Å². The maximum absolute atomic E-state index is 11.4. The summed E-state index contributed by atoms with van der Waals surface area (Å²) in [6.07, 6.45) is 4.56. The van der Waals surface area contributed by atoms with Gasteiger partial charge >= 0.3 is 0 Å². The number of amides is 1. The number of likely N-dealkylation sites (tertiary alicyclic amines) is 1. The first kappa shape index (κ1) is 10.9. The number of rotatable bonds is 5. The second kappa shape index (κ2) is 4.52. The molecule has 2 unspecified atom stereocenters. The van der Waals surface area contributed by atoms with Gasteiger partial charge in [-0.05, 0) is 39.0 Å². The second-order valence-corrected chi connectivity index (χ2v) is 5.14. The Balaban J connectivity index is 1.71. The molecule has 0 aromatic heterocycles. The van der Waals surface area contributed by atoms with Crippen LogP contribution < -0.4 is 5.32 Å². The number of nitrogens with zero attached hydrogens (tertiary/aromatic N) is 1. The van der Waals surface area contributed by atoms with E-state index in [0.717, 1.165) is 31.8 Å². The standard InChI is InChI=1S/C12H22N2O/c1-9(13-10(2)11-5-6-11)8-14-7-3-4-12(14)15/h9-11,13H,3-8H2,1-2H3. The zero-order valence-electron chi connectivity index (χ0n) is 9.83. The molecule has 86 valence electrons. The Morgan fingerprint density at radius 1 is 1.47 bits per heavy atom. The molecule has 1 saturated heterocycles. The van der Waals surface area contributed by atoms with E-state index in [1.165, 1.54) is 12.8 Å². The van der Waals surface area contributed by atoms with Gasteiger partial charge in [0, 0.05) is 31.6 Å². The first-order chi connectivity index (χ1) is 7.16. The average molecular weight is 210 g/mol. The molecule has 2 fully saturated rings. The van der Waals surface area contributed by atoms with Crippen LogP contribution in [0.3, 0.4) is 0 Å². The lowest BCUT2D eigenvalue weighted by Gasteiger charge is -2.24. The maximum atomic E-state index is 11.4. The average Bonchev–Trinajstić information content (AvgIpc) is 2.94. The van der Waals surface area contributed by atoms with Crippen molar-refractivity contribution in [3.05, 3.63) is 0 Å². The quantitative estimate of drug-likeness (QED) is 0.743. The van der Waals surface area contributed by atoms with Gasteiger partial charge in [-0.15, -0.1) is 0 Å². The summed E-state index contributed by atoms with van der Waals surface area (Å²) < 4.78 is 0. The van der Waals surface area contributed by atoms with Crippen molar-refractivity contribution in [1.82, 2.24) is 10.2 Å². The normalized spacial score (nSPS) is 25.7. The Kier molecular flexibility index (Phi) is 3.29. The zero-order chi connectivity index (χ0) is 10.8. The molecular formula is C12H22N2O. The molecule has 15 heavy (non-hydrogen) atoms. The van der Waals surface area contributed by atoms with Gasteiger partial charge in [0.15, 0.2) is 0 Å². The molecule has 2 aliphatic rings. The minimum Gasteiger partial charge on any atom is -0.341 e. The fraction of sp³-hybridized carbons (Fsp3) is 0.917.